The lowest BCUT2D eigenvalue weighted by molar-refractivity contribution is 0.0685. The molecule has 6 nitrogen and oxygen atoms in total. The maximum absolute atomic E-state index is 13.7. The molecule has 0 aliphatic carbocycles. The second kappa shape index (κ2) is 7.13. The van der Waals surface area contributed by atoms with Crippen LogP contribution in [-0.2, 0) is 12.8 Å². The first-order valence-electron chi connectivity index (χ1n) is 10.4. The summed E-state index contributed by atoms with van der Waals surface area (Å²) in [5.41, 5.74) is 6.47. The van der Waals surface area contributed by atoms with E-state index >= 15 is 0 Å². The number of H-pyrrole nitrogens is 1. The van der Waals surface area contributed by atoms with Crippen molar-refractivity contribution in [1.82, 2.24) is 20.0 Å². The minimum Gasteiger partial charge on any atom is -0.361 e. The molecule has 1 aromatic carbocycles. The van der Waals surface area contributed by atoms with Gasteiger partial charge in [-0.15, -0.1) is 0 Å². The summed E-state index contributed by atoms with van der Waals surface area (Å²) in [6.07, 6.45) is 1.44. The molecule has 1 amide bonds. The van der Waals surface area contributed by atoms with Gasteiger partial charge in [-0.05, 0) is 50.5 Å². The van der Waals surface area contributed by atoms with E-state index < -0.39 is 0 Å². The largest absolute Gasteiger partial charge is 0.361 e. The summed E-state index contributed by atoms with van der Waals surface area (Å²) < 4.78 is 5.36. The highest BCUT2D eigenvalue weighted by molar-refractivity contribution is 5.97. The van der Waals surface area contributed by atoms with E-state index in [2.05, 4.69) is 28.3 Å². The number of aromatic amines is 1. The highest BCUT2D eigenvalue weighted by atomic mass is 16.5. The van der Waals surface area contributed by atoms with Gasteiger partial charge in [-0.2, -0.15) is 0 Å². The van der Waals surface area contributed by atoms with Crippen LogP contribution in [0.5, 0.6) is 0 Å². The van der Waals surface area contributed by atoms with E-state index in [4.69, 9.17) is 9.51 Å². The summed E-state index contributed by atoms with van der Waals surface area (Å²) in [5, 5.41) is 5.31. The molecule has 1 unspecified atom stereocenters. The van der Waals surface area contributed by atoms with Gasteiger partial charge in [-0.3, -0.25) is 9.78 Å². The van der Waals surface area contributed by atoms with Crippen LogP contribution in [0.1, 0.15) is 57.4 Å². The van der Waals surface area contributed by atoms with Crippen LogP contribution >= 0.6 is 0 Å². The fraction of sp³-hybridized carbons (Fsp3) is 0.292. The molecule has 4 heterocycles. The van der Waals surface area contributed by atoms with Crippen LogP contribution in [0.25, 0.3) is 10.9 Å². The predicted molar refractivity (Wildman–Crippen MR) is 114 cm³/mol. The Morgan fingerprint density at radius 3 is 2.83 bits per heavy atom. The number of nitrogens with zero attached hydrogens (tertiary/aromatic N) is 3. The van der Waals surface area contributed by atoms with Crippen LogP contribution in [0.2, 0.25) is 0 Å². The Kier molecular flexibility index (Phi) is 4.42. The first-order chi connectivity index (χ1) is 14.6. The number of hydrogen-bond acceptors (Lipinski definition) is 4. The number of carbonyl (C=O) groups excluding carboxylic acids is 1. The SMILES string of the molecule is CCc1noc(C)c1C(=O)N1CCc2c([nH]c3ccccc23)C1c1cccc(C)n1. The molecule has 0 spiro atoms. The first kappa shape index (κ1) is 18.6. The lowest BCUT2D eigenvalue weighted by Gasteiger charge is -2.35. The van der Waals surface area contributed by atoms with Gasteiger partial charge in [0, 0.05) is 28.8 Å². The summed E-state index contributed by atoms with van der Waals surface area (Å²) in [7, 11) is 0. The van der Waals surface area contributed by atoms with Crippen LogP contribution in [0, 0.1) is 13.8 Å². The van der Waals surface area contributed by atoms with Crippen molar-refractivity contribution in [3.63, 3.8) is 0 Å². The van der Waals surface area contributed by atoms with Crippen LogP contribution in [-0.4, -0.2) is 32.5 Å². The Bertz CT molecular complexity index is 1250. The Balaban J connectivity index is 1.69. The zero-order chi connectivity index (χ0) is 20.8. The topological polar surface area (TPSA) is 75.0 Å². The number of nitrogens with one attached hydrogen (secondary N) is 1. The van der Waals surface area contributed by atoms with Gasteiger partial charge < -0.3 is 14.4 Å². The smallest absolute Gasteiger partial charge is 0.260 e. The van der Waals surface area contributed by atoms with Crippen LogP contribution in [0.3, 0.4) is 0 Å². The number of fused-ring (bicyclic) bond motifs is 3. The first-order valence-corrected chi connectivity index (χ1v) is 10.4. The van der Waals surface area contributed by atoms with E-state index in [-0.39, 0.29) is 11.9 Å². The van der Waals surface area contributed by atoms with Crippen molar-refractivity contribution < 1.29 is 9.32 Å². The molecule has 0 saturated heterocycles. The maximum atomic E-state index is 13.7. The van der Waals surface area contributed by atoms with Gasteiger partial charge in [0.25, 0.3) is 5.91 Å². The fourth-order valence-electron chi connectivity index (χ4n) is 4.56. The molecular formula is C24H24N4O2. The zero-order valence-electron chi connectivity index (χ0n) is 17.4. The van der Waals surface area contributed by atoms with Gasteiger partial charge in [0.2, 0.25) is 0 Å². The van der Waals surface area contributed by atoms with Gasteiger partial charge in [0.15, 0.2) is 0 Å². The monoisotopic (exact) mass is 400 g/mol. The molecule has 1 aliphatic rings. The molecular weight excluding hydrogens is 376 g/mol. The van der Waals surface area contributed by atoms with E-state index in [1.54, 1.807) is 6.92 Å². The molecule has 5 rings (SSSR count). The molecule has 1 atom stereocenters. The van der Waals surface area contributed by atoms with Gasteiger partial charge in [-0.1, -0.05) is 36.3 Å². The normalized spacial score (nSPS) is 16.1. The van der Waals surface area contributed by atoms with Gasteiger partial charge in [0.1, 0.15) is 17.4 Å². The van der Waals surface area contributed by atoms with Crippen molar-refractivity contribution in [2.24, 2.45) is 0 Å². The lowest BCUT2D eigenvalue weighted by Crippen LogP contribution is -2.41. The summed E-state index contributed by atoms with van der Waals surface area (Å²) in [4.78, 5) is 24.0. The number of rotatable bonds is 3. The third-order valence-electron chi connectivity index (χ3n) is 5.97. The van der Waals surface area contributed by atoms with Gasteiger partial charge in [0.05, 0.1) is 11.4 Å². The molecule has 0 radical (unpaired) electrons. The number of carbonyl (C=O) groups is 1. The summed E-state index contributed by atoms with van der Waals surface area (Å²) in [6.45, 7) is 6.38. The highest BCUT2D eigenvalue weighted by Gasteiger charge is 2.37. The van der Waals surface area contributed by atoms with E-state index in [1.807, 2.05) is 43.0 Å². The second-order valence-corrected chi connectivity index (χ2v) is 7.83. The number of aromatic nitrogens is 3. The lowest BCUT2D eigenvalue weighted by atomic mass is 9.93. The van der Waals surface area contributed by atoms with Crippen molar-refractivity contribution in [1.29, 1.82) is 0 Å². The number of amides is 1. The summed E-state index contributed by atoms with van der Waals surface area (Å²) in [5.74, 6) is 0.512. The number of benzene rings is 1. The van der Waals surface area contributed by atoms with Gasteiger partial charge in [-0.25, -0.2) is 0 Å². The highest BCUT2D eigenvalue weighted by Crippen LogP contribution is 2.39. The minimum atomic E-state index is -0.285. The third-order valence-corrected chi connectivity index (χ3v) is 5.97. The minimum absolute atomic E-state index is 0.0526. The van der Waals surface area contributed by atoms with Gasteiger partial charge >= 0.3 is 0 Å². The van der Waals surface area contributed by atoms with E-state index in [1.165, 1.54) is 10.9 Å². The van der Waals surface area contributed by atoms with Crippen molar-refractivity contribution in [3.8, 4) is 0 Å². The van der Waals surface area contributed by atoms with Crippen LogP contribution in [0.15, 0.2) is 47.0 Å². The Hall–Kier alpha value is -3.41. The van der Waals surface area contributed by atoms with E-state index in [9.17, 15) is 4.79 Å². The molecule has 0 fully saturated rings. The standard InChI is InChI=1S/C24H24N4O2/c1-4-18-21(15(3)30-27-18)24(29)28-13-12-17-16-9-5-6-10-19(16)26-22(17)23(28)20-11-7-8-14(2)25-20/h5-11,23,26H,4,12-13H2,1-3H3. The Morgan fingerprint density at radius 2 is 2.03 bits per heavy atom. The number of pyridine rings is 1. The average molecular weight is 400 g/mol. The van der Waals surface area contributed by atoms with E-state index in [0.717, 1.165) is 29.0 Å². The predicted octanol–water partition coefficient (Wildman–Crippen LogP) is 4.52. The molecule has 30 heavy (non-hydrogen) atoms. The molecule has 1 N–H and O–H groups in total. The number of para-hydroxylation sites is 1. The molecule has 1 aliphatic heterocycles. The average Bonchev–Trinajstić information content (AvgIpc) is 3.32. The Morgan fingerprint density at radius 1 is 1.20 bits per heavy atom. The van der Waals surface area contributed by atoms with Crippen molar-refractivity contribution in [2.45, 2.75) is 39.7 Å². The van der Waals surface area contributed by atoms with Crippen molar-refractivity contribution in [2.75, 3.05) is 6.54 Å². The van der Waals surface area contributed by atoms with Crippen LogP contribution in [0.4, 0.5) is 0 Å². The summed E-state index contributed by atoms with van der Waals surface area (Å²) >= 11 is 0. The Labute approximate surface area is 174 Å². The molecule has 3 aromatic heterocycles. The maximum Gasteiger partial charge on any atom is 0.260 e. The third kappa shape index (κ3) is 2.83. The van der Waals surface area contributed by atoms with E-state index in [0.29, 0.717) is 30.0 Å². The van der Waals surface area contributed by atoms with Crippen molar-refractivity contribution >= 4 is 16.8 Å². The molecule has 4 aromatic rings. The summed E-state index contributed by atoms with van der Waals surface area (Å²) in [6, 6.07) is 14.0. The van der Waals surface area contributed by atoms with Crippen molar-refractivity contribution in [3.05, 3.63) is 82.1 Å². The fourth-order valence-corrected chi connectivity index (χ4v) is 4.56. The quantitative estimate of drug-likeness (QED) is 0.549. The molecule has 0 bridgehead atoms. The second-order valence-electron chi connectivity index (χ2n) is 7.83. The molecule has 0 saturated carbocycles. The van der Waals surface area contributed by atoms with Crippen LogP contribution < -0.4 is 0 Å². The number of aryl methyl sites for hydroxylation is 3. The molecule has 6 heteroatoms. The number of hydrogen-bond donors (Lipinski definition) is 1. The molecule has 152 valence electrons. The zero-order valence-corrected chi connectivity index (χ0v) is 17.4.